The van der Waals surface area contributed by atoms with Gasteiger partial charge in [0, 0.05) is 0 Å². The Bertz CT molecular complexity index is 1400. The van der Waals surface area contributed by atoms with Gasteiger partial charge in [0.15, 0.2) is 11.5 Å². The van der Waals surface area contributed by atoms with E-state index in [1.165, 1.54) is 13.2 Å². The van der Waals surface area contributed by atoms with Gasteiger partial charge in [-0.25, -0.2) is 9.69 Å². The van der Waals surface area contributed by atoms with Crippen LogP contribution in [0.15, 0.2) is 72.3 Å². The van der Waals surface area contributed by atoms with Crippen LogP contribution in [-0.2, 0) is 16.2 Å². The summed E-state index contributed by atoms with van der Waals surface area (Å²) in [7, 11) is 1.46. The van der Waals surface area contributed by atoms with Crippen molar-refractivity contribution in [2.45, 2.75) is 13.5 Å². The van der Waals surface area contributed by atoms with E-state index in [-0.39, 0.29) is 12.2 Å². The molecule has 0 radical (unpaired) electrons. The number of amides is 4. The Kier molecular flexibility index (Phi) is 7.55. The molecular weight excluding hydrogens is 472 g/mol. The molecule has 186 valence electrons. The van der Waals surface area contributed by atoms with Crippen molar-refractivity contribution < 1.29 is 28.6 Å². The van der Waals surface area contributed by atoms with E-state index in [1.807, 2.05) is 31.2 Å². The highest BCUT2D eigenvalue weighted by atomic mass is 16.5. The fourth-order valence-corrected chi connectivity index (χ4v) is 3.61. The Morgan fingerprint density at radius 2 is 1.68 bits per heavy atom. The number of rotatable bonds is 8. The summed E-state index contributed by atoms with van der Waals surface area (Å²) >= 11 is 0. The number of terminal acetylenes is 1. The molecule has 0 bridgehead atoms. The number of anilines is 1. The zero-order valence-corrected chi connectivity index (χ0v) is 20.3. The number of urea groups is 1. The third-order valence-electron chi connectivity index (χ3n) is 5.53. The molecule has 4 amide bonds. The average Bonchev–Trinajstić information content (AvgIpc) is 2.90. The number of aryl methyl sites for hydroxylation is 1. The maximum atomic E-state index is 13.2. The lowest BCUT2D eigenvalue weighted by atomic mass is 10.1. The molecule has 1 N–H and O–H groups in total. The Labute approximate surface area is 214 Å². The predicted octanol–water partition coefficient (Wildman–Crippen LogP) is 4.26. The summed E-state index contributed by atoms with van der Waals surface area (Å²) in [4.78, 5) is 39.2. The van der Waals surface area contributed by atoms with E-state index in [0.717, 1.165) is 16.0 Å². The van der Waals surface area contributed by atoms with Crippen molar-refractivity contribution in [2.24, 2.45) is 0 Å². The van der Waals surface area contributed by atoms with Crippen LogP contribution in [0.5, 0.6) is 17.2 Å². The van der Waals surface area contributed by atoms with Crippen LogP contribution in [0, 0.1) is 19.3 Å². The van der Waals surface area contributed by atoms with Crippen LogP contribution in [0.2, 0.25) is 0 Å². The maximum Gasteiger partial charge on any atom is 0.335 e. The molecule has 3 aromatic carbocycles. The number of carbonyl (C=O) groups excluding carboxylic acids is 3. The summed E-state index contributed by atoms with van der Waals surface area (Å²) in [5.41, 5.74) is 2.76. The lowest BCUT2D eigenvalue weighted by Crippen LogP contribution is -2.54. The molecule has 1 heterocycles. The monoisotopic (exact) mass is 496 g/mol. The van der Waals surface area contributed by atoms with Crippen molar-refractivity contribution >= 4 is 29.6 Å². The number of hydrogen-bond donors (Lipinski definition) is 1. The molecule has 1 aliphatic rings. The minimum absolute atomic E-state index is 0.0601. The third-order valence-corrected chi connectivity index (χ3v) is 5.53. The van der Waals surface area contributed by atoms with Crippen molar-refractivity contribution in [1.82, 2.24) is 5.32 Å². The number of nitrogens with zero attached hydrogens (tertiary/aromatic N) is 1. The number of nitrogens with one attached hydrogen (secondary N) is 1. The Morgan fingerprint density at radius 1 is 0.946 bits per heavy atom. The number of barbiturate groups is 1. The van der Waals surface area contributed by atoms with E-state index in [1.54, 1.807) is 42.5 Å². The van der Waals surface area contributed by atoms with Crippen LogP contribution in [0.25, 0.3) is 6.08 Å². The van der Waals surface area contributed by atoms with E-state index in [9.17, 15) is 14.4 Å². The number of ether oxygens (including phenoxy) is 3. The van der Waals surface area contributed by atoms with Crippen molar-refractivity contribution in [3.05, 3.63) is 89.0 Å². The molecule has 3 aromatic rings. The molecule has 4 rings (SSSR count). The van der Waals surface area contributed by atoms with Gasteiger partial charge in [-0.3, -0.25) is 14.9 Å². The van der Waals surface area contributed by atoms with Crippen LogP contribution in [0.4, 0.5) is 10.5 Å². The predicted molar refractivity (Wildman–Crippen MR) is 138 cm³/mol. The second-order valence-corrected chi connectivity index (χ2v) is 8.13. The maximum absolute atomic E-state index is 13.2. The lowest BCUT2D eigenvalue weighted by molar-refractivity contribution is -0.122. The van der Waals surface area contributed by atoms with Gasteiger partial charge < -0.3 is 14.2 Å². The van der Waals surface area contributed by atoms with Crippen molar-refractivity contribution in [2.75, 3.05) is 18.6 Å². The first kappa shape index (κ1) is 25.1. The van der Waals surface area contributed by atoms with Crippen LogP contribution in [0.3, 0.4) is 0 Å². The molecule has 8 heteroatoms. The smallest absolute Gasteiger partial charge is 0.335 e. The number of hydrogen-bond acceptors (Lipinski definition) is 6. The summed E-state index contributed by atoms with van der Waals surface area (Å²) in [6, 6.07) is 18.5. The highest BCUT2D eigenvalue weighted by Crippen LogP contribution is 2.30. The number of benzene rings is 3. The van der Waals surface area contributed by atoms with E-state index in [0.29, 0.717) is 35.1 Å². The number of carbonyl (C=O) groups is 3. The third kappa shape index (κ3) is 5.80. The van der Waals surface area contributed by atoms with E-state index in [2.05, 4.69) is 11.2 Å². The van der Waals surface area contributed by atoms with Gasteiger partial charge in [0.25, 0.3) is 11.8 Å². The lowest BCUT2D eigenvalue weighted by Gasteiger charge is -2.26. The highest BCUT2D eigenvalue weighted by molar-refractivity contribution is 6.39. The fraction of sp³-hybridized carbons (Fsp3) is 0.138. The summed E-state index contributed by atoms with van der Waals surface area (Å²) in [5, 5.41) is 2.21. The minimum Gasteiger partial charge on any atom is -0.493 e. The summed E-state index contributed by atoms with van der Waals surface area (Å²) in [5.74, 6) is 2.19. The normalized spacial score (nSPS) is 14.2. The van der Waals surface area contributed by atoms with Gasteiger partial charge in [-0.2, -0.15) is 0 Å². The Morgan fingerprint density at radius 3 is 2.35 bits per heavy atom. The Hall–Kier alpha value is -5.03. The first-order valence-electron chi connectivity index (χ1n) is 11.3. The molecule has 37 heavy (non-hydrogen) atoms. The van der Waals surface area contributed by atoms with Gasteiger partial charge >= 0.3 is 6.03 Å². The largest absolute Gasteiger partial charge is 0.493 e. The SMILES string of the molecule is C#CCOc1ccc(/C=C2/C(=O)NC(=O)N(c3ccc(OCc4ccc(C)cc4)cc3)C2=O)cc1OC. The zero-order chi connectivity index (χ0) is 26.4. The van der Waals surface area contributed by atoms with Gasteiger partial charge in [0.05, 0.1) is 12.8 Å². The van der Waals surface area contributed by atoms with E-state index < -0.39 is 17.8 Å². The van der Waals surface area contributed by atoms with E-state index in [4.69, 9.17) is 20.6 Å². The molecule has 0 saturated carbocycles. The van der Waals surface area contributed by atoms with Crippen molar-refractivity contribution in [3.63, 3.8) is 0 Å². The summed E-state index contributed by atoms with van der Waals surface area (Å²) in [6.07, 6.45) is 6.61. The molecule has 0 aromatic heterocycles. The highest BCUT2D eigenvalue weighted by Gasteiger charge is 2.36. The van der Waals surface area contributed by atoms with Crippen LogP contribution in [0.1, 0.15) is 16.7 Å². The quantitative estimate of drug-likeness (QED) is 0.285. The van der Waals surface area contributed by atoms with E-state index >= 15 is 0 Å². The molecule has 8 nitrogen and oxygen atoms in total. The Balaban J connectivity index is 1.53. The molecule has 0 spiro atoms. The first-order chi connectivity index (χ1) is 17.9. The van der Waals surface area contributed by atoms with Crippen LogP contribution < -0.4 is 24.4 Å². The molecule has 0 aliphatic carbocycles. The average molecular weight is 497 g/mol. The molecular formula is C29H24N2O6. The zero-order valence-electron chi connectivity index (χ0n) is 20.3. The first-order valence-corrected chi connectivity index (χ1v) is 11.3. The van der Waals surface area contributed by atoms with Crippen molar-refractivity contribution in [1.29, 1.82) is 0 Å². The van der Waals surface area contributed by atoms with Crippen molar-refractivity contribution in [3.8, 4) is 29.6 Å². The number of methoxy groups -OCH3 is 1. The summed E-state index contributed by atoms with van der Waals surface area (Å²) < 4.78 is 16.5. The van der Waals surface area contributed by atoms with Crippen LogP contribution in [-0.4, -0.2) is 31.6 Å². The topological polar surface area (TPSA) is 94.2 Å². The summed E-state index contributed by atoms with van der Waals surface area (Å²) in [6.45, 7) is 2.45. The molecule has 1 saturated heterocycles. The molecule has 0 atom stereocenters. The van der Waals surface area contributed by atoms with Gasteiger partial charge in [-0.1, -0.05) is 41.8 Å². The number of imide groups is 2. The van der Waals surface area contributed by atoms with Gasteiger partial charge in [0.1, 0.15) is 24.5 Å². The molecule has 1 aliphatic heterocycles. The van der Waals surface area contributed by atoms with Gasteiger partial charge in [-0.05, 0) is 60.5 Å². The fourth-order valence-electron chi connectivity index (χ4n) is 3.61. The minimum atomic E-state index is -0.837. The standard InChI is InChI=1S/C29H24N2O6/c1-4-15-36-25-14-9-21(17-26(25)35-3)16-24-27(32)30-29(34)31(28(24)33)22-10-12-23(13-11-22)37-18-20-7-5-19(2)6-8-20/h1,5-14,16-17H,15,18H2,2-3H3,(H,30,32,34)/b24-16-. The second kappa shape index (κ2) is 11.1. The second-order valence-electron chi connectivity index (χ2n) is 8.13. The molecule has 1 fully saturated rings. The van der Waals surface area contributed by atoms with Gasteiger partial charge in [-0.15, -0.1) is 6.42 Å². The van der Waals surface area contributed by atoms with Crippen LogP contribution >= 0.6 is 0 Å². The van der Waals surface area contributed by atoms with Gasteiger partial charge in [0.2, 0.25) is 0 Å². The molecule has 0 unspecified atom stereocenters.